The number of hydrogen-bond acceptors (Lipinski definition) is 8. The molecule has 0 saturated carbocycles. The lowest BCUT2D eigenvalue weighted by molar-refractivity contribution is -0.121. The molecular formula is C22H22N2O5S2. The number of carbonyl (C=O) groups is 3. The predicted molar refractivity (Wildman–Crippen MR) is 120 cm³/mol. The normalized spacial score (nSPS) is 10.5. The van der Waals surface area contributed by atoms with Gasteiger partial charge in [-0.1, -0.05) is 41.7 Å². The van der Waals surface area contributed by atoms with E-state index in [2.05, 4.69) is 4.98 Å². The summed E-state index contributed by atoms with van der Waals surface area (Å²) in [5.74, 6) is -1.45. The minimum atomic E-state index is -0.539. The molecule has 1 aromatic carbocycles. The number of benzene rings is 1. The fourth-order valence-electron chi connectivity index (χ4n) is 2.76. The molecule has 0 spiro atoms. The molecule has 3 aromatic rings. The van der Waals surface area contributed by atoms with Crippen molar-refractivity contribution < 1.29 is 23.9 Å². The van der Waals surface area contributed by atoms with Crippen molar-refractivity contribution in [1.29, 1.82) is 0 Å². The number of esters is 2. The lowest BCUT2D eigenvalue weighted by atomic mass is 10.2. The molecule has 0 aliphatic rings. The van der Waals surface area contributed by atoms with Crippen molar-refractivity contribution in [3.05, 3.63) is 68.4 Å². The summed E-state index contributed by atoms with van der Waals surface area (Å²) in [6.07, 6.45) is 0. The number of aromatic nitrogens is 1. The van der Waals surface area contributed by atoms with E-state index >= 15 is 0 Å². The Kier molecular flexibility index (Phi) is 7.54. The van der Waals surface area contributed by atoms with E-state index in [9.17, 15) is 14.4 Å². The van der Waals surface area contributed by atoms with E-state index < -0.39 is 24.5 Å². The monoisotopic (exact) mass is 458 g/mol. The van der Waals surface area contributed by atoms with E-state index in [-0.39, 0.29) is 13.2 Å². The molecule has 2 aromatic heterocycles. The Balaban J connectivity index is 1.82. The Hall–Kier alpha value is -3.04. The second kappa shape index (κ2) is 10.3. The minimum absolute atomic E-state index is 0.227. The zero-order valence-electron chi connectivity index (χ0n) is 17.4. The van der Waals surface area contributed by atoms with Gasteiger partial charge in [0.25, 0.3) is 5.91 Å². The quantitative estimate of drug-likeness (QED) is 0.466. The number of carbonyl (C=O) groups excluding carboxylic acids is 3. The lowest BCUT2D eigenvalue weighted by Crippen LogP contribution is -2.34. The summed E-state index contributed by atoms with van der Waals surface area (Å²) >= 11 is 2.35. The van der Waals surface area contributed by atoms with Gasteiger partial charge < -0.3 is 9.47 Å². The Labute approximate surface area is 188 Å². The number of amides is 1. The molecule has 31 heavy (non-hydrogen) atoms. The van der Waals surface area contributed by atoms with Crippen LogP contribution in [-0.2, 0) is 20.8 Å². The average molecular weight is 459 g/mol. The molecule has 7 nitrogen and oxygen atoms in total. The molecule has 0 unspecified atom stereocenters. The molecule has 3 rings (SSSR count). The number of rotatable bonds is 8. The third-order valence-electron chi connectivity index (χ3n) is 4.34. The highest BCUT2D eigenvalue weighted by Gasteiger charge is 2.25. The molecule has 0 aliphatic carbocycles. The van der Waals surface area contributed by atoms with Gasteiger partial charge in [0.1, 0.15) is 9.75 Å². The highest BCUT2D eigenvalue weighted by molar-refractivity contribution is 7.17. The molecule has 0 bridgehead atoms. The van der Waals surface area contributed by atoms with E-state index in [0.717, 1.165) is 22.5 Å². The maximum absolute atomic E-state index is 13.0. The molecule has 0 atom stereocenters. The van der Waals surface area contributed by atoms with Crippen LogP contribution in [0.1, 0.15) is 43.1 Å². The summed E-state index contributed by atoms with van der Waals surface area (Å²) in [5.41, 5.74) is 2.16. The number of nitrogens with zero attached hydrogens (tertiary/aromatic N) is 2. The van der Waals surface area contributed by atoms with Crippen LogP contribution in [0.25, 0.3) is 0 Å². The van der Waals surface area contributed by atoms with E-state index in [4.69, 9.17) is 9.47 Å². The van der Waals surface area contributed by atoms with Crippen LogP contribution >= 0.6 is 22.7 Å². The van der Waals surface area contributed by atoms with Crippen molar-refractivity contribution in [3.63, 3.8) is 0 Å². The SMILES string of the molecule is CCOC(=O)c1sc(N(Cc2ccccc2)C(=O)COC(=O)c2sccc2C)nc1C. The number of thiazole rings is 1. The maximum Gasteiger partial charge on any atom is 0.350 e. The molecule has 1 amide bonds. The average Bonchev–Trinajstić information content (AvgIpc) is 3.36. The predicted octanol–water partition coefficient (Wildman–Crippen LogP) is 4.39. The smallest absolute Gasteiger partial charge is 0.350 e. The zero-order valence-corrected chi connectivity index (χ0v) is 19.0. The molecule has 0 fully saturated rings. The minimum Gasteiger partial charge on any atom is -0.462 e. The molecule has 0 radical (unpaired) electrons. The van der Waals surface area contributed by atoms with Crippen molar-refractivity contribution in [2.45, 2.75) is 27.3 Å². The summed E-state index contributed by atoms with van der Waals surface area (Å²) in [7, 11) is 0. The Morgan fingerprint density at radius 1 is 1.00 bits per heavy atom. The fraction of sp³-hybridized carbons (Fsp3) is 0.273. The first-order chi connectivity index (χ1) is 14.9. The first-order valence-electron chi connectivity index (χ1n) is 9.60. The van der Waals surface area contributed by atoms with Crippen LogP contribution in [0.4, 0.5) is 5.13 Å². The summed E-state index contributed by atoms with van der Waals surface area (Å²) < 4.78 is 10.3. The van der Waals surface area contributed by atoms with E-state index in [1.807, 2.05) is 43.3 Å². The van der Waals surface area contributed by atoms with Gasteiger partial charge in [0.2, 0.25) is 0 Å². The molecule has 9 heteroatoms. The van der Waals surface area contributed by atoms with Crippen LogP contribution in [-0.4, -0.2) is 36.0 Å². The van der Waals surface area contributed by atoms with E-state index in [0.29, 0.717) is 20.6 Å². The molecule has 0 N–H and O–H groups in total. The summed E-state index contributed by atoms with van der Waals surface area (Å²) in [6, 6.07) is 11.2. The number of thiophene rings is 1. The van der Waals surface area contributed by atoms with Crippen molar-refractivity contribution in [1.82, 2.24) is 4.98 Å². The van der Waals surface area contributed by atoms with Gasteiger partial charge in [-0.3, -0.25) is 9.69 Å². The number of ether oxygens (including phenoxy) is 2. The second-order valence-electron chi connectivity index (χ2n) is 6.61. The van der Waals surface area contributed by atoms with Crippen LogP contribution in [0.2, 0.25) is 0 Å². The van der Waals surface area contributed by atoms with Gasteiger partial charge in [-0.25, -0.2) is 14.6 Å². The Bertz CT molecular complexity index is 1070. The summed E-state index contributed by atoms with van der Waals surface area (Å²) in [4.78, 5) is 44.2. The van der Waals surface area contributed by atoms with Gasteiger partial charge in [0.05, 0.1) is 18.8 Å². The summed E-state index contributed by atoms with van der Waals surface area (Å²) in [5, 5.41) is 2.14. The first-order valence-corrected chi connectivity index (χ1v) is 11.3. The third-order valence-corrected chi connectivity index (χ3v) is 6.49. The van der Waals surface area contributed by atoms with Crippen molar-refractivity contribution in [3.8, 4) is 0 Å². The highest BCUT2D eigenvalue weighted by Crippen LogP contribution is 2.28. The van der Waals surface area contributed by atoms with Crippen LogP contribution in [0.3, 0.4) is 0 Å². The molecular weight excluding hydrogens is 436 g/mol. The lowest BCUT2D eigenvalue weighted by Gasteiger charge is -2.20. The fourth-order valence-corrected chi connectivity index (χ4v) is 4.56. The maximum atomic E-state index is 13.0. The van der Waals surface area contributed by atoms with Gasteiger partial charge in [-0.2, -0.15) is 0 Å². The van der Waals surface area contributed by atoms with Crippen molar-refractivity contribution >= 4 is 45.7 Å². The molecule has 0 saturated heterocycles. The Morgan fingerprint density at radius 3 is 2.35 bits per heavy atom. The molecule has 162 valence electrons. The Morgan fingerprint density at radius 2 is 1.71 bits per heavy atom. The number of aryl methyl sites for hydroxylation is 2. The van der Waals surface area contributed by atoms with Gasteiger partial charge in [0, 0.05) is 0 Å². The summed E-state index contributed by atoms with van der Waals surface area (Å²) in [6.45, 7) is 5.27. The topological polar surface area (TPSA) is 85.8 Å². The highest BCUT2D eigenvalue weighted by atomic mass is 32.1. The van der Waals surface area contributed by atoms with Crippen LogP contribution in [0, 0.1) is 13.8 Å². The van der Waals surface area contributed by atoms with Crippen molar-refractivity contribution in [2.24, 2.45) is 0 Å². The zero-order chi connectivity index (χ0) is 22.4. The number of hydrogen-bond donors (Lipinski definition) is 0. The van der Waals surface area contributed by atoms with Gasteiger partial charge in [-0.15, -0.1) is 11.3 Å². The largest absolute Gasteiger partial charge is 0.462 e. The second-order valence-corrected chi connectivity index (χ2v) is 8.50. The van der Waals surface area contributed by atoms with E-state index in [1.165, 1.54) is 16.2 Å². The first kappa shape index (κ1) is 22.6. The van der Waals surface area contributed by atoms with E-state index in [1.54, 1.807) is 19.2 Å². The number of anilines is 1. The van der Waals surface area contributed by atoms with Crippen LogP contribution in [0.5, 0.6) is 0 Å². The van der Waals surface area contributed by atoms with Gasteiger partial charge in [-0.05, 0) is 43.3 Å². The molecule has 0 aliphatic heterocycles. The third kappa shape index (κ3) is 5.56. The van der Waals surface area contributed by atoms with Gasteiger partial charge >= 0.3 is 11.9 Å². The van der Waals surface area contributed by atoms with Crippen molar-refractivity contribution in [2.75, 3.05) is 18.1 Å². The van der Waals surface area contributed by atoms with Crippen LogP contribution in [0.15, 0.2) is 41.8 Å². The standard InChI is InChI=1S/C22H22N2O5S2/c1-4-28-21(27)19-15(3)23-22(31-19)24(12-16-8-6-5-7-9-16)17(25)13-29-20(26)18-14(2)10-11-30-18/h5-11H,4,12-13H2,1-3H3. The van der Waals surface area contributed by atoms with Crippen LogP contribution < -0.4 is 4.90 Å². The molecule has 2 heterocycles. The van der Waals surface area contributed by atoms with Gasteiger partial charge in [0.15, 0.2) is 11.7 Å².